The number of methoxy groups -OCH3 is 2. The van der Waals surface area contributed by atoms with Crippen LogP contribution in [0.5, 0.6) is 11.5 Å². The largest absolute Gasteiger partial charge is 0.497 e. The Bertz CT molecular complexity index is 1000. The summed E-state index contributed by atoms with van der Waals surface area (Å²) in [6, 6.07) is 22.5. The van der Waals surface area contributed by atoms with E-state index in [1.54, 1.807) is 14.2 Å². The summed E-state index contributed by atoms with van der Waals surface area (Å²) in [6.07, 6.45) is 0. The van der Waals surface area contributed by atoms with Gasteiger partial charge in [0.2, 0.25) is 0 Å². The Kier molecular flexibility index (Phi) is 7.31. The maximum Gasteiger partial charge on any atom is 0.174 e. The molecule has 0 radical (unpaired) electrons. The average Bonchev–Trinajstić information content (AvgIpc) is 2.76. The van der Waals surface area contributed by atoms with Crippen LogP contribution in [0.4, 0.5) is 5.69 Å². The number of hydrogen-bond acceptors (Lipinski definition) is 3. The molecule has 3 aromatic rings. The standard InChI is InChI=1S/C25H28N2O2S/c1-18-9-14-23(24(15-18)29-4)26-25(30)27(17-21-8-6-5-7-19(21)2)16-20-10-12-22(28-3)13-11-20/h5-15H,16-17H2,1-4H3,(H,26,30). The molecule has 0 aliphatic carbocycles. The second-order valence-corrected chi connectivity index (χ2v) is 7.65. The van der Waals surface area contributed by atoms with Gasteiger partial charge in [-0.2, -0.15) is 0 Å². The van der Waals surface area contributed by atoms with E-state index in [2.05, 4.69) is 53.5 Å². The van der Waals surface area contributed by atoms with E-state index in [0.29, 0.717) is 18.2 Å². The van der Waals surface area contributed by atoms with Gasteiger partial charge in [0, 0.05) is 13.1 Å². The molecule has 0 aromatic heterocycles. The van der Waals surface area contributed by atoms with Gasteiger partial charge in [-0.25, -0.2) is 0 Å². The van der Waals surface area contributed by atoms with Gasteiger partial charge in [0.15, 0.2) is 5.11 Å². The van der Waals surface area contributed by atoms with Crippen molar-refractivity contribution >= 4 is 23.0 Å². The second kappa shape index (κ2) is 10.1. The monoisotopic (exact) mass is 420 g/mol. The molecule has 0 atom stereocenters. The lowest BCUT2D eigenvalue weighted by atomic mass is 10.1. The smallest absolute Gasteiger partial charge is 0.174 e. The van der Waals surface area contributed by atoms with Crippen LogP contribution < -0.4 is 14.8 Å². The van der Waals surface area contributed by atoms with E-state index in [4.69, 9.17) is 21.7 Å². The van der Waals surface area contributed by atoms with E-state index in [1.807, 2.05) is 37.3 Å². The molecule has 0 saturated carbocycles. The minimum absolute atomic E-state index is 0.649. The van der Waals surface area contributed by atoms with E-state index in [1.165, 1.54) is 11.1 Å². The highest BCUT2D eigenvalue weighted by Gasteiger charge is 2.15. The van der Waals surface area contributed by atoms with Crippen molar-refractivity contribution in [3.05, 3.63) is 89.0 Å². The van der Waals surface area contributed by atoms with Gasteiger partial charge in [-0.1, -0.05) is 42.5 Å². The predicted molar refractivity (Wildman–Crippen MR) is 127 cm³/mol. The molecule has 5 heteroatoms. The molecule has 0 heterocycles. The first kappa shape index (κ1) is 21.7. The topological polar surface area (TPSA) is 33.7 Å². The highest BCUT2D eigenvalue weighted by molar-refractivity contribution is 7.80. The van der Waals surface area contributed by atoms with Crippen molar-refractivity contribution in [2.45, 2.75) is 26.9 Å². The van der Waals surface area contributed by atoms with Gasteiger partial charge in [-0.15, -0.1) is 0 Å². The first-order chi connectivity index (χ1) is 14.5. The number of anilines is 1. The number of hydrogen-bond donors (Lipinski definition) is 1. The molecule has 0 fully saturated rings. The number of ether oxygens (including phenoxy) is 2. The fourth-order valence-corrected chi connectivity index (χ4v) is 3.48. The maximum absolute atomic E-state index is 5.82. The van der Waals surface area contributed by atoms with Crippen LogP contribution in [0.3, 0.4) is 0 Å². The van der Waals surface area contributed by atoms with Crippen molar-refractivity contribution in [1.82, 2.24) is 4.90 Å². The molecular weight excluding hydrogens is 392 g/mol. The number of benzene rings is 3. The lowest BCUT2D eigenvalue weighted by Gasteiger charge is -2.27. The SMILES string of the molecule is COc1ccc(CN(Cc2ccccc2C)C(=S)Nc2ccc(C)cc2OC)cc1. The minimum atomic E-state index is 0.649. The lowest BCUT2D eigenvalue weighted by molar-refractivity contribution is 0.405. The molecule has 3 rings (SSSR count). The highest BCUT2D eigenvalue weighted by atomic mass is 32.1. The van der Waals surface area contributed by atoms with Gasteiger partial charge >= 0.3 is 0 Å². The third-order valence-corrected chi connectivity index (χ3v) is 5.40. The quantitative estimate of drug-likeness (QED) is 0.495. The lowest BCUT2D eigenvalue weighted by Crippen LogP contribution is -2.34. The summed E-state index contributed by atoms with van der Waals surface area (Å²) >= 11 is 5.82. The zero-order valence-corrected chi connectivity index (χ0v) is 18.8. The Morgan fingerprint density at radius 3 is 2.30 bits per heavy atom. The number of nitrogens with one attached hydrogen (secondary N) is 1. The Hall–Kier alpha value is -3.05. The first-order valence-corrected chi connectivity index (χ1v) is 10.3. The van der Waals surface area contributed by atoms with Crippen LogP contribution in [0, 0.1) is 13.8 Å². The molecule has 0 unspecified atom stereocenters. The summed E-state index contributed by atoms with van der Waals surface area (Å²) < 4.78 is 10.8. The zero-order valence-electron chi connectivity index (χ0n) is 17.9. The van der Waals surface area contributed by atoms with Crippen molar-refractivity contribution in [1.29, 1.82) is 0 Å². The van der Waals surface area contributed by atoms with Crippen molar-refractivity contribution < 1.29 is 9.47 Å². The Balaban J connectivity index is 1.85. The maximum atomic E-state index is 5.82. The van der Waals surface area contributed by atoms with E-state index in [-0.39, 0.29) is 0 Å². The molecule has 0 aliphatic heterocycles. The van der Waals surface area contributed by atoms with Crippen LogP contribution in [-0.4, -0.2) is 24.2 Å². The normalized spacial score (nSPS) is 10.4. The van der Waals surface area contributed by atoms with Crippen molar-refractivity contribution in [3.8, 4) is 11.5 Å². The summed E-state index contributed by atoms with van der Waals surface area (Å²) in [4.78, 5) is 2.17. The fraction of sp³-hybridized carbons (Fsp3) is 0.240. The average molecular weight is 421 g/mol. The van der Waals surface area contributed by atoms with Gasteiger partial charge in [-0.05, 0) is 72.6 Å². The van der Waals surface area contributed by atoms with Crippen molar-refractivity contribution in [3.63, 3.8) is 0 Å². The molecule has 4 nitrogen and oxygen atoms in total. The molecule has 0 amide bonds. The van der Waals surface area contributed by atoms with Crippen LogP contribution in [0.15, 0.2) is 66.7 Å². The molecule has 3 aromatic carbocycles. The van der Waals surface area contributed by atoms with Crippen LogP contribution in [0.2, 0.25) is 0 Å². The third-order valence-electron chi connectivity index (χ3n) is 5.04. The molecule has 30 heavy (non-hydrogen) atoms. The van der Waals surface area contributed by atoms with Gasteiger partial charge in [0.25, 0.3) is 0 Å². The van der Waals surface area contributed by atoms with Crippen molar-refractivity contribution in [2.75, 3.05) is 19.5 Å². The van der Waals surface area contributed by atoms with Gasteiger partial charge in [-0.3, -0.25) is 0 Å². The van der Waals surface area contributed by atoms with Gasteiger partial charge in [0.1, 0.15) is 11.5 Å². The molecule has 1 N–H and O–H groups in total. The predicted octanol–water partition coefficient (Wildman–Crippen LogP) is 5.72. The van der Waals surface area contributed by atoms with E-state index in [0.717, 1.165) is 28.3 Å². The Morgan fingerprint density at radius 2 is 1.63 bits per heavy atom. The van der Waals surface area contributed by atoms with E-state index < -0.39 is 0 Å². The molecule has 0 bridgehead atoms. The molecule has 156 valence electrons. The number of aryl methyl sites for hydroxylation is 2. The summed E-state index contributed by atoms with van der Waals surface area (Å²) in [7, 11) is 3.35. The van der Waals surface area contributed by atoms with Crippen LogP contribution in [-0.2, 0) is 13.1 Å². The van der Waals surface area contributed by atoms with Crippen LogP contribution in [0.25, 0.3) is 0 Å². The highest BCUT2D eigenvalue weighted by Crippen LogP contribution is 2.26. The summed E-state index contributed by atoms with van der Waals surface area (Å²) in [6.45, 7) is 5.55. The minimum Gasteiger partial charge on any atom is -0.497 e. The van der Waals surface area contributed by atoms with Crippen LogP contribution >= 0.6 is 12.2 Å². The first-order valence-electron chi connectivity index (χ1n) is 9.88. The Morgan fingerprint density at radius 1 is 0.900 bits per heavy atom. The van der Waals surface area contributed by atoms with Gasteiger partial charge in [0.05, 0.1) is 19.9 Å². The Labute approximate surface area is 184 Å². The molecule has 0 saturated heterocycles. The summed E-state index contributed by atoms with van der Waals surface area (Å²) in [5.74, 6) is 1.62. The molecule has 0 spiro atoms. The van der Waals surface area contributed by atoms with Gasteiger partial charge < -0.3 is 19.7 Å². The third kappa shape index (κ3) is 5.51. The summed E-state index contributed by atoms with van der Waals surface area (Å²) in [5.41, 5.74) is 5.64. The van der Waals surface area contributed by atoms with Crippen LogP contribution in [0.1, 0.15) is 22.3 Å². The summed E-state index contributed by atoms with van der Waals surface area (Å²) in [5, 5.41) is 4.03. The fourth-order valence-electron chi connectivity index (χ4n) is 3.24. The number of rotatable bonds is 7. The zero-order chi connectivity index (χ0) is 21.5. The van der Waals surface area contributed by atoms with E-state index in [9.17, 15) is 0 Å². The molecule has 0 aliphatic rings. The van der Waals surface area contributed by atoms with Crippen molar-refractivity contribution in [2.24, 2.45) is 0 Å². The molecular formula is C25H28N2O2S. The second-order valence-electron chi connectivity index (χ2n) is 7.26. The number of nitrogens with zero attached hydrogens (tertiary/aromatic N) is 1. The van der Waals surface area contributed by atoms with E-state index >= 15 is 0 Å². The number of thiocarbonyl (C=S) groups is 1.